The summed E-state index contributed by atoms with van der Waals surface area (Å²) < 4.78 is 14.2. The minimum atomic E-state index is -0.181. The zero-order valence-electron chi connectivity index (χ0n) is 11.2. The summed E-state index contributed by atoms with van der Waals surface area (Å²) in [5.41, 5.74) is 3.84. The number of nitrogens with zero attached hydrogens (tertiary/aromatic N) is 1. The molecule has 0 unspecified atom stereocenters. The van der Waals surface area contributed by atoms with Crippen molar-refractivity contribution in [3.63, 3.8) is 0 Å². The van der Waals surface area contributed by atoms with Gasteiger partial charge in [-0.3, -0.25) is 0 Å². The molecule has 0 spiro atoms. The van der Waals surface area contributed by atoms with E-state index in [4.69, 9.17) is 0 Å². The molecule has 0 radical (unpaired) electrons. The molecule has 0 saturated heterocycles. The van der Waals surface area contributed by atoms with Crippen LogP contribution in [0.4, 0.5) is 15.8 Å². The molecule has 2 aromatic carbocycles. The number of rotatable bonds is 4. The predicted molar refractivity (Wildman–Crippen MR) is 82.9 cm³/mol. The third kappa shape index (κ3) is 2.98. The van der Waals surface area contributed by atoms with Gasteiger partial charge in [0, 0.05) is 17.6 Å². The number of hydrogen-bond donors (Lipinski definition) is 0. The molecule has 2 rings (SSSR count). The standard InChI is InChI=1S/C16H17BrFN/c1-3-19(14-9-7-12(2)8-10-14)16-13(11-17)5-4-6-15(16)18/h4-10H,3,11H2,1-2H3. The van der Waals surface area contributed by atoms with Crippen LogP contribution in [-0.2, 0) is 5.33 Å². The summed E-state index contributed by atoms with van der Waals surface area (Å²) in [6, 6.07) is 13.4. The lowest BCUT2D eigenvalue weighted by Crippen LogP contribution is -2.19. The molecule has 100 valence electrons. The number of alkyl halides is 1. The van der Waals surface area contributed by atoms with Gasteiger partial charge in [0.05, 0.1) is 5.69 Å². The highest BCUT2D eigenvalue weighted by atomic mass is 79.9. The minimum Gasteiger partial charge on any atom is -0.339 e. The van der Waals surface area contributed by atoms with Crippen LogP contribution >= 0.6 is 15.9 Å². The Balaban J connectivity index is 2.50. The number of halogens is 2. The van der Waals surface area contributed by atoms with Crippen LogP contribution in [-0.4, -0.2) is 6.54 Å². The SMILES string of the molecule is CCN(c1ccc(C)cc1)c1c(F)cccc1CBr. The maximum Gasteiger partial charge on any atom is 0.147 e. The largest absolute Gasteiger partial charge is 0.339 e. The van der Waals surface area contributed by atoms with E-state index in [0.717, 1.165) is 17.8 Å². The van der Waals surface area contributed by atoms with Gasteiger partial charge in [0.25, 0.3) is 0 Å². The van der Waals surface area contributed by atoms with Gasteiger partial charge in [-0.1, -0.05) is 45.8 Å². The van der Waals surface area contributed by atoms with Crippen LogP contribution in [0.25, 0.3) is 0 Å². The number of hydrogen-bond acceptors (Lipinski definition) is 1. The van der Waals surface area contributed by atoms with E-state index in [1.807, 2.05) is 49.1 Å². The van der Waals surface area contributed by atoms with E-state index in [1.165, 1.54) is 11.6 Å². The molecule has 0 aliphatic carbocycles. The molecule has 0 atom stereocenters. The van der Waals surface area contributed by atoms with Crippen LogP contribution in [0.1, 0.15) is 18.1 Å². The molecule has 19 heavy (non-hydrogen) atoms. The first-order chi connectivity index (χ1) is 9.17. The van der Waals surface area contributed by atoms with E-state index in [-0.39, 0.29) is 5.82 Å². The van der Waals surface area contributed by atoms with Crippen molar-refractivity contribution in [2.24, 2.45) is 0 Å². The molecule has 0 N–H and O–H groups in total. The second-order valence-corrected chi connectivity index (χ2v) is 5.02. The van der Waals surface area contributed by atoms with Gasteiger partial charge < -0.3 is 4.90 Å². The summed E-state index contributed by atoms with van der Waals surface area (Å²) in [6.07, 6.45) is 0. The van der Waals surface area contributed by atoms with Gasteiger partial charge in [-0.2, -0.15) is 0 Å². The quantitative estimate of drug-likeness (QED) is 0.701. The van der Waals surface area contributed by atoms with Crippen molar-refractivity contribution in [1.82, 2.24) is 0 Å². The molecule has 0 heterocycles. The van der Waals surface area contributed by atoms with Crippen LogP contribution in [0, 0.1) is 12.7 Å². The predicted octanol–water partition coefficient (Wildman–Crippen LogP) is 5.19. The van der Waals surface area contributed by atoms with Crippen molar-refractivity contribution in [1.29, 1.82) is 0 Å². The number of para-hydroxylation sites is 1. The van der Waals surface area contributed by atoms with Crippen molar-refractivity contribution >= 4 is 27.3 Å². The molecule has 0 saturated carbocycles. The summed E-state index contributed by atoms with van der Waals surface area (Å²) in [7, 11) is 0. The highest BCUT2D eigenvalue weighted by Crippen LogP contribution is 2.32. The first-order valence-electron chi connectivity index (χ1n) is 6.35. The Morgan fingerprint density at radius 1 is 1.11 bits per heavy atom. The van der Waals surface area contributed by atoms with Gasteiger partial charge in [-0.05, 0) is 37.6 Å². The van der Waals surface area contributed by atoms with Crippen molar-refractivity contribution in [3.05, 3.63) is 59.4 Å². The Hall–Kier alpha value is -1.35. The summed E-state index contributed by atoms with van der Waals surface area (Å²) in [5.74, 6) is -0.181. The molecule has 0 aliphatic rings. The van der Waals surface area contributed by atoms with Crippen molar-refractivity contribution in [2.75, 3.05) is 11.4 Å². The van der Waals surface area contributed by atoms with Gasteiger partial charge in [-0.25, -0.2) is 4.39 Å². The lowest BCUT2D eigenvalue weighted by atomic mass is 10.1. The Morgan fingerprint density at radius 2 is 1.79 bits per heavy atom. The van der Waals surface area contributed by atoms with Gasteiger partial charge in [0.1, 0.15) is 5.82 Å². The van der Waals surface area contributed by atoms with Crippen LogP contribution in [0.15, 0.2) is 42.5 Å². The van der Waals surface area contributed by atoms with Gasteiger partial charge in [0.15, 0.2) is 0 Å². The highest BCUT2D eigenvalue weighted by Gasteiger charge is 2.15. The average Bonchev–Trinajstić information content (AvgIpc) is 2.43. The third-order valence-corrected chi connectivity index (χ3v) is 3.75. The first kappa shape index (κ1) is 14.1. The summed E-state index contributed by atoms with van der Waals surface area (Å²) in [4.78, 5) is 2.01. The van der Waals surface area contributed by atoms with Crippen LogP contribution in [0.2, 0.25) is 0 Å². The Labute approximate surface area is 122 Å². The normalized spacial score (nSPS) is 10.5. The Bertz CT molecular complexity index is 551. The van der Waals surface area contributed by atoms with E-state index in [0.29, 0.717) is 11.0 Å². The fourth-order valence-electron chi connectivity index (χ4n) is 2.16. The molecule has 0 aliphatic heterocycles. The van der Waals surface area contributed by atoms with Crippen molar-refractivity contribution in [2.45, 2.75) is 19.2 Å². The van der Waals surface area contributed by atoms with E-state index < -0.39 is 0 Å². The fraction of sp³-hybridized carbons (Fsp3) is 0.250. The molecule has 0 amide bonds. The van der Waals surface area contributed by atoms with E-state index in [2.05, 4.69) is 15.9 Å². The van der Waals surface area contributed by atoms with E-state index >= 15 is 0 Å². The lowest BCUT2D eigenvalue weighted by molar-refractivity contribution is 0.624. The monoisotopic (exact) mass is 321 g/mol. The number of anilines is 2. The van der Waals surface area contributed by atoms with Crippen LogP contribution < -0.4 is 4.90 Å². The second kappa shape index (κ2) is 6.20. The molecule has 1 nitrogen and oxygen atoms in total. The van der Waals surface area contributed by atoms with Crippen molar-refractivity contribution in [3.8, 4) is 0 Å². The highest BCUT2D eigenvalue weighted by molar-refractivity contribution is 9.08. The van der Waals surface area contributed by atoms with Gasteiger partial charge in [-0.15, -0.1) is 0 Å². The van der Waals surface area contributed by atoms with Gasteiger partial charge in [0.2, 0.25) is 0 Å². The second-order valence-electron chi connectivity index (χ2n) is 4.46. The Morgan fingerprint density at radius 3 is 2.37 bits per heavy atom. The zero-order valence-corrected chi connectivity index (χ0v) is 12.7. The average molecular weight is 322 g/mol. The van der Waals surface area contributed by atoms with Crippen LogP contribution in [0.5, 0.6) is 0 Å². The topological polar surface area (TPSA) is 3.24 Å². The lowest BCUT2D eigenvalue weighted by Gasteiger charge is -2.26. The maximum absolute atomic E-state index is 14.2. The first-order valence-corrected chi connectivity index (χ1v) is 7.47. The molecule has 3 heteroatoms. The molecule has 0 bridgehead atoms. The van der Waals surface area contributed by atoms with E-state index in [1.54, 1.807) is 6.07 Å². The summed E-state index contributed by atoms with van der Waals surface area (Å²) in [6.45, 7) is 4.81. The van der Waals surface area contributed by atoms with Crippen LogP contribution in [0.3, 0.4) is 0 Å². The van der Waals surface area contributed by atoms with Gasteiger partial charge >= 0.3 is 0 Å². The molecule has 0 aromatic heterocycles. The number of aryl methyl sites for hydroxylation is 1. The third-order valence-electron chi connectivity index (χ3n) is 3.15. The summed E-state index contributed by atoms with van der Waals surface area (Å²) >= 11 is 3.43. The fourth-order valence-corrected chi connectivity index (χ4v) is 2.62. The van der Waals surface area contributed by atoms with E-state index in [9.17, 15) is 4.39 Å². The molecular formula is C16H17BrFN. The number of benzene rings is 2. The maximum atomic E-state index is 14.2. The molecule has 0 fully saturated rings. The molecular weight excluding hydrogens is 305 g/mol. The molecule has 2 aromatic rings. The zero-order chi connectivity index (χ0) is 13.8. The van der Waals surface area contributed by atoms with Crippen molar-refractivity contribution < 1.29 is 4.39 Å². The Kier molecular flexibility index (Phi) is 4.59. The summed E-state index contributed by atoms with van der Waals surface area (Å²) in [5, 5.41) is 0.641. The minimum absolute atomic E-state index is 0.181. The smallest absolute Gasteiger partial charge is 0.147 e.